The quantitative estimate of drug-likeness (QED) is 0.0320. The lowest BCUT2D eigenvalue weighted by atomic mass is 10.0. The van der Waals surface area contributed by atoms with E-state index in [1.54, 1.807) is 6.08 Å². The van der Waals surface area contributed by atoms with Crippen molar-refractivity contribution in [2.45, 2.75) is 437 Å². The normalized spacial score (nSPS) is 12.7. The Morgan fingerprint density at radius 2 is 0.595 bits per heavy atom. The van der Waals surface area contributed by atoms with Crippen LogP contribution >= 0.6 is 0 Å². The van der Waals surface area contributed by atoms with Gasteiger partial charge in [-0.1, -0.05) is 384 Å². The van der Waals surface area contributed by atoms with E-state index < -0.39 is 12.1 Å². The molecule has 0 aromatic rings. The summed E-state index contributed by atoms with van der Waals surface area (Å²) in [5.41, 5.74) is 0. The number of aliphatic hydroxyl groups is 2. The van der Waals surface area contributed by atoms with E-state index in [9.17, 15) is 19.8 Å². The molecule has 6 nitrogen and oxygen atoms in total. The largest absolute Gasteiger partial charge is 0.466 e. The van der Waals surface area contributed by atoms with Gasteiger partial charge in [-0.15, -0.1) is 0 Å². The van der Waals surface area contributed by atoms with Crippen molar-refractivity contribution in [1.29, 1.82) is 0 Å². The van der Waals surface area contributed by atoms with Crippen LogP contribution in [0.15, 0.2) is 36.5 Å². The van der Waals surface area contributed by atoms with Crippen molar-refractivity contribution in [1.82, 2.24) is 5.32 Å². The van der Waals surface area contributed by atoms with Crippen LogP contribution in [0.2, 0.25) is 0 Å². The summed E-state index contributed by atoms with van der Waals surface area (Å²) < 4.78 is 5.49. The van der Waals surface area contributed by atoms with Crippen LogP contribution < -0.4 is 5.32 Å². The molecule has 2 atom stereocenters. The number of hydrogen-bond donors (Lipinski definition) is 3. The third kappa shape index (κ3) is 69.2. The molecule has 0 aliphatic rings. The first kappa shape index (κ1) is 82.1. The Kier molecular flexibility index (Phi) is 71.9. The first-order chi connectivity index (χ1) is 41.5. The fraction of sp³-hybridized carbons (Fsp3) is 0.897. The maximum atomic E-state index is 12.5. The van der Waals surface area contributed by atoms with Crippen molar-refractivity contribution < 1.29 is 24.5 Å². The number of nitrogens with one attached hydrogen (secondary N) is 1. The molecule has 0 aliphatic heterocycles. The van der Waals surface area contributed by atoms with Gasteiger partial charge in [0, 0.05) is 12.8 Å². The minimum atomic E-state index is -0.840. The van der Waals surface area contributed by atoms with E-state index in [4.69, 9.17) is 4.74 Å². The number of esters is 1. The molecule has 84 heavy (non-hydrogen) atoms. The Bertz CT molecular complexity index is 1360. The molecule has 0 radical (unpaired) electrons. The summed E-state index contributed by atoms with van der Waals surface area (Å²) in [6.07, 6.45) is 95.5. The summed E-state index contributed by atoms with van der Waals surface area (Å²) in [6, 6.07) is -0.623. The lowest BCUT2D eigenvalue weighted by molar-refractivity contribution is -0.143. The number of amides is 1. The van der Waals surface area contributed by atoms with Crippen LogP contribution in [0, 0.1) is 0 Å². The maximum absolute atomic E-state index is 12.5. The Morgan fingerprint density at radius 1 is 0.333 bits per heavy atom. The van der Waals surface area contributed by atoms with Gasteiger partial charge in [0.2, 0.25) is 5.91 Å². The summed E-state index contributed by atoms with van der Waals surface area (Å²) in [6.45, 7) is 4.91. The van der Waals surface area contributed by atoms with E-state index >= 15 is 0 Å². The smallest absolute Gasteiger partial charge is 0.305 e. The summed E-state index contributed by atoms with van der Waals surface area (Å²) in [5, 5.41) is 23.2. The number of unbranched alkanes of at least 4 members (excludes halogenated alkanes) is 57. The third-order valence-electron chi connectivity index (χ3n) is 17.9. The van der Waals surface area contributed by atoms with Gasteiger partial charge < -0.3 is 20.3 Å². The molecule has 3 N–H and O–H groups in total. The summed E-state index contributed by atoms with van der Waals surface area (Å²) in [4.78, 5) is 24.6. The van der Waals surface area contributed by atoms with Gasteiger partial charge in [-0.05, 0) is 64.2 Å². The minimum Gasteiger partial charge on any atom is -0.466 e. The second-order valence-electron chi connectivity index (χ2n) is 26.3. The molecule has 1 amide bonds. The maximum Gasteiger partial charge on any atom is 0.305 e. The van der Waals surface area contributed by atoms with Crippen LogP contribution in [-0.4, -0.2) is 47.4 Å². The molecule has 0 saturated heterocycles. The molecule has 496 valence electrons. The first-order valence-corrected chi connectivity index (χ1v) is 38.3. The monoisotopic (exact) mass is 1180 g/mol. The van der Waals surface area contributed by atoms with Crippen LogP contribution in [0.3, 0.4) is 0 Å². The highest BCUT2D eigenvalue weighted by atomic mass is 16.5. The highest BCUT2D eigenvalue weighted by molar-refractivity contribution is 5.76. The molecule has 0 fully saturated rings. The molecular weight excluding hydrogens is 1030 g/mol. The molecule has 0 spiro atoms. The van der Waals surface area contributed by atoms with Gasteiger partial charge >= 0.3 is 5.97 Å². The molecule has 0 aromatic carbocycles. The Morgan fingerprint density at radius 3 is 0.929 bits per heavy atom. The van der Waals surface area contributed by atoms with Gasteiger partial charge in [-0.3, -0.25) is 9.59 Å². The van der Waals surface area contributed by atoms with Crippen LogP contribution in [-0.2, 0) is 14.3 Å². The van der Waals surface area contributed by atoms with Gasteiger partial charge in [0.15, 0.2) is 0 Å². The number of hydrogen-bond acceptors (Lipinski definition) is 5. The highest BCUT2D eigenvalue weighted by Gasteiger charge is 2.18. The van der Waals surface area contributed by atoms with Crippen LogP contribution in [0.5, 0.6) is 0 Å². The topological polar surface area (TPSA) is 95.9 Å². The van der Waals surface area contributed by atoms with Crippen molar-refractivity contribution in [3.8, 4) is 0 Å². The number of carbonyl (C=O) groups is 2. The predicted molar refractivity (Wildman–Crippen MR) is 370 cm³/mol. The van der Waals surface area contributed by atoms with E-state index in [1.165, 1.54) is 347 Å². The lowest BCUT2D eigenvalue weighted by Crippen LogP contribution is -2.45. The van der Waals surface area contributed by atoms with Gasteiger partial charge in [-0.25, -0.2) is 0 Å². The summed E-state index contributed by atoms with van der Waals surface area (Å²) in [5.74, 6) is -0.0501. The van der Waals surface area contributed by atoms with Gasteiger partial charge in [0.05, 0.1) is 25.4 Å². The van der Waals surface area contributed by atoms with E-state index in [-0.39, 0.29) is 18.5 Å². The van der Waals surface area contributed by atoms with E-state index in [2.05, 4.69) is 43.5 Å². The predicted octanol–water partition coefficient (Wildman–Crippen LogP) is 25.0. The number of rotatable bonds is 72. The lowest BCUT2D eigenvalue weighted by Gasteiger charge is -2.20. The molecule has 0 saturated carbocycles. The average Bonchev–Trinajstić information content (AvgIpc) is 3.53. The van der Waals surface area contributed by atoms with Gasteiger partial charge in [0.25, 0.3) is 0 Å². The van der Waals surface area contributed by atoms with Gasteiger partial charge in [0.1, 0.15) is 0 Å². The SMILES string of the molecule is CCCCC/C=C\C/C=C\CCCCCCCC(=O)OCCCCCCCCCCCCCCCCCCCCCCCCCCCCCCCCCCCCCCCC(=O)NC(CO)C(O)/C=C/CCCCCCCCCCCCCCC. The van der Waals surface area contributed by atoms with Crippen molar-refractivity contribution >= 4 is 11.9 Å². The first-order valence-electron chi connectivity index (χ1n) is 38.3. The zero-order valence-electron chi connectivity index (χ0n) is 56.9. The van der Waals surface area contributed by atoms with Gasteiger partial charge in [-0.2, -0.15) is 0 Å². The fourth-order valence-corrected chi connectivity index (χ4v) is 12.1. The van der Waals surface area contributed by atoms with Crippen LogP contribution in [0.4, 0.5) is 0 Å². The number of ether oxygens (including phenoxy) is 1. The molecule has 2 unspecified atom stereocenters. The standard InChI is InChI=1S/C78H149NO5/c1-3-5-7-9-11-13-15-17-42-46-50-54-58-62-66-70-76(81)75(74-80)79-77(82)71-67-63-59-55-51-47-44-40-38-36-34-32-30-28-26-24-22-20-19-21-23-25-27-29-31-33-35-37-39-41-45-49-53-57-61-65-69-73-84-78(83)72-68-64-60-56-52-48-43-18-16-14-12-10-8-6-4-2/h12,14,18,43,66,70,75-76,80-81H,3-11,13,15-17,19-42,44-65,67-69,71-74H2,1-2H3,(H,79,82)/b14-12-,43-18-,70-66+. The molecule has 0 aromatic heterocycles. The number of carbonyl (C=O) groups excluding carboxylic acids is 2. The Hall–Kier alpha value is -1.92. The Balaban J connectivity index is 3.31. The molecular formula is C78H149NO5. The molecule has 0 bridgehead atoms. The molecule has 0 heterocycles. The average molecular weight is 1180 g/mol. The zero-order chi connectivity index (χ0) is 60.6. The van der Waals surface area contributed by atoms with Crippen LogP contribution in [0.25, 0.3) is 0 Å². The van der Waals surface area contributed by atoms with Crippen molar-refractivity contribution in [3.63, 3.8) is 0 Å². The van der Waals surface area contributed by atoms with E-state index in [1.807, 2.05) is 6.08 Å². The van der Waals surface area contributed by atoms with Crippen molar-refractivity contribution in [2.75, 3.05) is 13.2 Å². The fourth-order valence-electron chi connectivity index (χ4n) is 12.1. The molecule has 6 heteroatoms. The van der Waals surface area contributed by atoms with E-state index in [0.29, 0.717) is 19.4 Å². The molecule has 0 rings (SSSR count). The number of allylic oxidation sites excluding steroid dienone is 5. The summed E-state index contributed by atoms with van der Waals surface area (Å²) >= 11 is 0. The second kappa shape index (κ2) is 73.5. The highest BCUT2D eigenvalue weighted by Crippen LogP contribution is 2.20. The summed E-state index contributed by atoms with van der Waals surface area (Å²) in [7, 11) is 0. The minimum absolute atomic E-state index is 0.00953. The third-order valence-corrected chi connectivity index (χ3v) is 17.9. The zero-order valence-corrected chi connectivity index (χ0v) is 56.9. The Labute approximate surface area is 525 Å². The van der Waals surface area contributed by atoms with Crippen LogP contribution in [0.1, 0.15) is 425 Å². The van der Waals surface area contributed by atoms with E-state index in [0.717, 1.165) is 51.4 Å². The van der Waals surface area contributed by atoms with Crippen molar-refractivity contribution in [2.24, 2.45) is 0 Å². The molecule has 0 aliphatic carbocycles. The number of aliphatic hydroxyl groups excluding tert-OH is 2. The van der Waals surface area contributed by atoms with Crippen molar-refractivity contribution in [3.05, 3.63) is 36.5 Å². The second-order valence-corrected chi connectivity index (χ2v) is 26.3.